The molecule has 0 saturated carbocycles. The summed E-state index contributed by atoms with van der Waals surface area (Å²) in [4.78, 5) is 39.6. The molecule has 0 unspecified atom stereocenters. The topological polar surface area (TPSA) is 92.2 Å². The summed E-state index contributed by atoms with van der Waals surface area (Å²) in [5.41, 5.74) is 3.70. The van der Waals surface area contributed by atoms with Gasteiger partial charge in [0.05, 0.1) is 12.2 Å². The van der Waals surface area contributed by atoms with Crippen LogP contribution in [0, 0.1) is 13.8 Å². The van der Waals surface area contributed by atoms with E-state index in [1.807, 2.05) is 42.2 Å². The van der Waals surface area contributed by atoms with Crippen molar-refractivity contribution in [1.29, 1.82) is 0 Å². The van der Waals surface area contributed by atoms with E-state index in [1.54, 1.807) is 11.8 Å². The minimum absolute atomic E-state index is 0.0319. The van der Waals surface area contributed by atoms with Crippen molar-refractivity contribution in [2.75, 3.05) is 18.0 Å². The quantitative estimate of drug-likeness (QED) is 0.609. The van der Waals surface area contributed by atoms with Gasteiger partial charge in [0.2, 0.25) is 5.91 Å². The minimum Gasteiger partial charge on any atom is -0.337 e. The van der Waals surface area contributed by atoms with Crippen LogP contribution in [0.3, 0.4) is 0 Å². The van der Waals surface area contributed by atoms with Gasteiger partial charge in [-0.15, -0.1) is 5.10 Å². The lowest BCUT2D eigenvalue weighted by atomic mass is 10.0. The fourth-order valence-electron chi connectivity index (χ4n) is 4.44. The Kier molecular flexibility index (Phi) is 5.42. The van der Waals surface area contributed by atoms with Gasteiger partial charge in [-0.2, -0.15) is 0 Å². The zero-order valence-electron chi connectivity index (χ0n) is 18.1. The number of benzene rings is 1. The van der Waals surface area contributed by atoms with Gasteiger partial charge in [-0.05, 0) is 43.8 Å². The normalized spacial score (nSPS) is 18.2. The number of likely N-dealkylation sites (tertiary alicyclic amines) is 1. The first-order valence-corrected chi connectivity index (χ1v) is 11.6. The number of carbonyl (C=O) groups excluding carboxylic acids is 2. The number of fused-ring (bicyclic) bond motifs is 1. The summed E-state index contributed by atoms with van der Waals surface area (Å²) in [6, 6.07) is 9.97. The monoisotopic (exact) mass is 448 g/mol. The molecule has 0 N–H and O–H groups in total. The summed E-state index contributed by atoms with van der Waals surface area (Å²) in [6.07, 6.45) is 1.93. The number of amides is 2. The molecule has 4 heterocycles. The molecule has 9 heteroatoms. The van der Waals surface area contributed by atoms with E-state index in [1.165, 1.54) is 0 Å². The van der Waals surface area contributed by atoms with E-state index < -0.39 is 0 Å². The number of carbonyl (C=O) groups is 2. The maximum atomic E-state index is 12.9. The van der Waals surface area contributed by atoms with Crippen molar-refractivity contribution in [2.45, 2.75) is 45.6 Å². The van der Waals surface area contributed by atoms with Crippen molar-refractivity contribution >= 4 is 29.2 Å². The molecule has 1 saturated heterocycles. The fraction of sp³-hybridized carbons (Fsp3) is 0.391. The zero-order chi connectivity index (χ0) is 22.2. The van der Waals surface area contributed by atoms with Gasteiger partial charge in [-0.3, -0.25) is 14.5 Å². The van der Waals surface area contributed by atoms with Gasteiger partial charge in [-0.1, -0.05) is 34.8 Å². The number of aryl methyl sites for hydroxylation is 2. The van der Waals surface area contributed by atoms with Crippen LogP contribution in [0.1, 0.15) is 56.8 Å². The molecule has 2 aliphatic heterocycles. The Morgan fingerprint density at radius 2 is 1.94 bits per heavy atom. The van der Waals surface area contributed by atoms with E-state index in [-0.39, 0.29) is 17.7 Å². The fourth-order valence-corrected chi connectivity index (χ4v) is 5.07. The molecule has 1 aromatic carbocycles. The molecule has 2 aliphatic rings. The summed E-state index contributed by atoms with van der Waals surface area (Å²) in [6.45, 7) is 5.49. The van der Waals surface area contributed by atoms with Crippen LogP contribution in [0.4, 0.5) is 5.82 Å². The average Bonchev–Trinajstić information content (AvgIpc) is 3.45. The van der Waals surface area contributed by atoms with Crippen molar-refractivity contribution in [1.82, 2.24) is 24.5 Å². The number of aromatic nitrogens is 4. The summed E-state index contributed by atoms with van der Waals surface area (Å²) < 4.78 is 3.88. The lowest BCUT2D eigenvalue weighted by Crippen LogP contribution is -2.36. The van der Waals surface area contributed by atoms with Crippen LogP contribution in [-0.2, 0) is 17.8 Å². The first-order chi connectivity index (χ1) is 15.5. The summed E-state index contributed by atoms with van der Waals surface area (Å²) in [7, 11) is 0. The number of nitrogens with zero attached hydrogens (tertiary/aromatic N) is 6. The number of rotatable bonds is 4. The Bertz CT molecular complexity index is 1180. The molecule has 0 bridgehead atoms. The first-order valence-electron chi connectivity index (χ1n) is 10.8. The first kappa shape index (κ1) is 20.7. The molecule has 1 atom stereocenters. The summed E-state index contributed by atoms with van der Waals surface area (Å²) in [5, 5.41) is 3.95. The van der Waals surface area contributed by atoms with E-state index in [4.69, 9.17) is 9.97 Å². The molecular weight excluding hydrogens is 424 g/mol. The van der Waals surface area contributed by atoms with E-state index in [0.717, 1.165) is 40.6 Å². The Balaban J connectivity index is 1.42. The highest BCUT2D eigenvalue weighted by molar-refractivity contribution is 7.07. The summed E-state index contributed by atoms with van der Waals surface area (Å²) >= 11 is 1.14. The Labute approximate surface area is 190 Å². The Morgan fingerprint density at radius 1 is 1.12 bits per heavy atom. The molecule has 164 valence electrons. The predicted molar refractivity (Wildman–Crippen MR) is 121 cm³/mol. The smallest absolute Gasteiger partial charge is 0.267 e. The molecule has 5 rings (SSSR count). The second kappa shape index (κ2) is 8.38. The third-order valence-corrected chi connectivity index (χ3v) is 7.04. The summed E-state index contributed by atoms with van der Waals surface area (Å²) in [5.74, 6) is 1.53. The number of hydrogen-bond acceptors (Lipinski definition) is 7. The van der Waals surface area contributed by atoms with Gasteiger partial charge in [-0.25, -0.2) is 9.97 Å². The van der Waals surface area contributed by atoms with E-state index in [2.05, 4.69) is 9.59 Å². The zero-order valence-corrected chi connectivity index (χ0v) is 18.9. The van der Waals surface area contributed by atoms with Gasteiger partial charge in [0.1, 0.15) is 16.5 Å². The molecule has 0 aliphatic carbocycles. The highest BCUT2D eigenvalue weighted by atomic mass is 32.1. The van der Waals surface area contributed by atoms with Gasteiger partial charge in [0.25, 0.3) is 5.91 Å². The minimum atomic E-state index is -0.0319. The number of anilines is 1. The maximum Gasteiger partial charge on any atom is 0.267 e. The molecule has 3 aromatic rings. The second-order valence-corrected chi connectivity index (χ2v) is 9.11. The Hall–Kier alpha value is -3.20. The maximum absolute atomic E-state index is 12.9. The Morgan fingerprint density at radius 3 is 2.69 bits per heavy atom. The van der Waals surface area contributed by atoms with Crippen LogP contribution in [0.25, 0.3) is 0 Å². The molecule has 2 amide bonds. The average molecular weight is 449 g/mol. The highest BCUT2D eigenvalue weighted by Crippen LogP contribution is 2.33. The largest absolute Gasteiger partial charge is 0.337 e. The van der Waals surface area contributed by atoms with Crippen LogP contribution in [0.5, 0.6) is 0 Å². The molecule has 8 nitrogen and oxygen atoms in total. The van der Waals surface area contributed by atoms with Crippen LogP contribution in [0.2, 0.25) is 0 Å². The van der Waals surface area contributed by atoms with E-state index >= 15 is 0 Å². The third kappa shape index (κ3) is 3.77. The van der Waals surface area contributed by atoms with Crippen LogP contribution >= 0.6 is 11.5 Å². The molecule has 0 radical (unpaired) electrons. The van der Waals surface area contributed by atoms with Crippen LogP contribution in [-0.4, -0.2) is 49.4 Å². The molecular formula is C23H24N6O2S. The molecule has 2 aromatic heterocycles. The van der Waals surface area contributed by atoms with Crippen LogP contribution < -0.4 is 4.90 Å². The molecule has 32 heavy (non-hydrogen) atoms. The van der Waals surface area contributed by atoms with Gasteiger partial charge >= 0.3 is 0 Å². The molecule has 1 fully saturated rings. The molecule has 0 spiro atoms. The SMILES string of the molecule is Cc1nnsc1C(=O)N1CC[C@H](c2nc(C)c3c(n2)N(Cc2ccccc2)C(=O)CC3)C1. The lowest BCUT2D eigenvalue weighted by Gasteiger charge is -2.30. The van der Waals surface area contributed by atoms with Crippen molar-refractivity contribution < 1.29 is 9.59 Å². The second-order valence-electron chi connectivity index (χ2n) is 8.36. The van der Waals surface area contributed by atoms with E-state index in [9.17, 15) is 9.59 Å². The standard InChI is InChI=1S/C23H24N6O2S/c1-14-18-8-9-19(30)29(12-16-6-4-3-5-7-16)22(18)25-21(24-14)17-10-11-28(13-17)23(31)20-15(2)26-27-32-20/h3-7,17H,8-13H2,1-2H3/t17-/m0/s1. The van der Waals surface area contributed by atoms with Crippen molar-refractivity contribution in [3.8, 4) is 0 Å². The predicted octanol–water partition coefficient (Wildman–Crippen LogP) is 3.05. The van der Waals surface area contributed by atoms with Crippen molar-refractivity contribution in [3.05, 3.63) is 63.5 Å². The van der Waals surface area contributed by atoms with Crippen molar-refractivity contribution in [3.63, 3.8) is 0 Å². The van der Waals surface area contributed by atoms with Gasteiger partial charge < -0.3 is 4.90 Å². The highest BCUT2D eigenvalue weighted by Gasteiger charge is 2.34. The lowest BCUT2D eigenvalue weighted by molar-refractivity contribution is -0.119. The third-order valence-electron chi connectivity index (χ3n) is 6.22. The van der Waals surface area contributed by atoms with Crippen molar-refractivity contribution in [2.24, 2.45) is 0 Å². The van der Waals surface area contributed by atoms with Gasteiger partial charge in [0.15, 0.2) is 0 Å². The van der Waals surface area contributed by atoms with Gasteiger partial charge in [0, 0.05) is 36.7 Å². The van der Waals surface area contributed by atoms with Crippen LogP contribution in [0.15, 0.2) is 30.3 Å². The number of hydrogen-bond donors (Lipinski definition) is 0. The van der Waals surface area contributed by atoms with E-state index in [0.29, 0.717) is 48.9 Å².